The summed E-state index contributed by atoms with van der Waals surface area (Å²) in [6, 6.07) is 3.15. The summed E-state index contributed by atoms with van der Waals surface area (Å²) in [5.41, 5.74) is 0.364. The molecule has 0 aliphatic carbocycles. The molecule has 2 unspecified atom stereocenters. The van der Waals surface area contributed by atoms with Crippen LogP contribution in [0, 0.1) is 11.6 Å². The van der Waals surface area contributed by atoms with Gasteiger partial charge in [0.15, 0.2) is 11.6 Å². The minimum Gasteiger partial charge on any atom is -0.387 e. The minimum absolute atomic E-state index is 0.0136. The molecule has 2 aromatic rings. The van der Waals surface area contributed by atoms with Crippen molar-refractivity contribution in [2.75, 3.05) is 0 Å². The van der Waals surface area contributed by atoms with Crippen molar-refractivity contribution < 1.29 is 13.9 Å². The van der Waals surface area contributed by atoms with E-state index in [4.69, 9.17) is 0 Å². The number of aromatic nitrogens is 1. The summed E-state index contributed by atoms with van der Waals surface area (Å²) in [5.74, 6) is -1.87. The first-order chi connectivity index (χ1) is 10.7. The molecule has 2 rings (SSSR count). The highest BCUT2D eigenvalue weighted by Gasteiger charge is 2.20. The van der Waals surface area contributed by atoms with Gasteiger partial charge in [0.25, 0.3) is 0 Å². The number of aliphatic hydroxyl groups is 1. The van der Waals surface area contributed by atoms with Gasteiger partial charge in [-0.3, -0.25) is 0 Å². The van der Waals surface area contributed by atoms with Gasteiger partial charge in [-0.15, -0.1) is 11.3 Å². The summed E-state index contributed by atoms with van der Waals surface area (Å²) in [7, 11) is 0. The summed E-state index contributed by atoms with van der Waals surface area (Å²) in [6.07, 6.45) is 0.912. The second-order valence-corrected chi connectivity index (χ2v) is 7.78. The van der Waals surface area contributed by atoms with Crippen LogP contribution in [0.3, 0.4) is 0 Å². The van der Waals surface area contributed by atoms with Crippen molar-refractivity contribution in [3.8, 4) is 0 Å². The van der Waals surface area contributed by atoms with E-state index in [1.165, 1.54) is 6.07 Å². The molecular formula is C17H22F2N2OS. The zero-order chi connectivity index (χ0) is 17.2. The van der Waals surface area contributed by atoms with Gasteiger partial charge in [0.05, 0.1) is 11.1 Å². The average Bonchev–Trinajstić information content (AvgIpc) is 2.96. The van der Waals surface area contributed by atoms with E-state index in [9.17, 15) is 13.9 Å². The lowest BCUT2D eigenvalue weighted by atomic mass is 9.98. The Labute approximate surface area is 139 Å². The van der Waals surface area contributed by atoms with Crippen LogP contribution >= 0.6 is 11.3 Å². The van der Waals surface area contributed by atoms with Crippen LogP contribution in [-0.4, -0.2) is 16.1 Å². The molecule has 0 saturated carbocycles. The average molecular weight is 340 g/mol. The van der Waals surface area contributed by atoms with Crippen molar-refractivity contribution >= 4 is 11.3 Å². The molecule has 2 N–H and O–H groups in total. The Balaban J connectivity index is 1.97. The Bertz CT molecular complexity index is 667. The van der Waals surface area contributed by atoms with E-state index >= 15 is 0 Å². The Morgan fingerprint density at radius 3 is 2.52 bits per heavy atom. The fourth-order valence-electron chi connectivity index (χ4n) is 2.09. The third-order valence-corrected chi connectivity index (χ3v) is 4.98. The van der Waals surface area contributed by atoms with Gasteiger partial charge in [0.1, 0.15) is 0 Å². The molecule has 0 aliphatic heterocycles. The van der Waals surface area contributed by atoms with Crippen molar-refractivity contribution in [1.29, 1.82) is 0 Å². The van der Waals surface area contributed by atoms with Gasteiger partial charge in [0.2, 0.25) is 0 Å². The topological polar surface area (TPSA) is 45.2 Å². The molecule has 0 amide bonds. The molecule has 1 aromatic heterocycles. The number of aliphatic hydroxyl groups excluding tert-OH is 1. The van der Waals surface area contributed by atoms with E-state index in [2.05, 4.69) is 31.1 Å². The van der Waals surface area contributed by atoms with Crippen LogP contribution in [0.5, 0.6) is 0 Å². The largest absolute Gasteiger partial charge is 0.387 e. The lowest BCUT2D eigenvalue weighted by Gasteiger charge is -2.20. The van der Waals surface area contributed by atoms with E-state index in [1.54, 1.807) is 18.3 Å². The summed E-state index contributed by atoms with van der Waals surface area (Å²) in [5, 5.41) is 14.5. The van der Waals surface area contributed by atoms with E-state index < -0.39 is 17.7 Å². The summed E-state index contributed by atoms with van der Waals surface area (Å²) in [6.45, 7) is 8.70. The lowest BCUT2D eigenvalue weighted by molar-refractivity contribution is 0.135. The Hall–Kier alpha value is -1.37. The molecule has 23 heavy (non-hydrogen) atoms. The lowest BCUT2D eigenvalue weighted by Crippen LogP contribution is -2.31. The zero-order valence-corrected chi connectivity index (χ0v) is 14.5. The highest BCUT2D eigenvalue weighted by Crippen LogP contribution is 2.27. The molecule has 126 valence electrons. The number of hydrogen-bond donors (Lipinski definition) is 2. The monoisotopic (exact) mass is 340 g/mol. The molecule has 6 heteroatoms. The predicted molar refractivity (Wildman–Crippen MR) is 88.4 cm³/mol. The summed E-state index contributed by atoms with van der Waals surface area (Å²) in [4.78, 5) is 5.48. The maximum Gasteiger partial charge on any atom is 0.159 e. The van der Waals surface area contributed by atoms with Crippen LogP contribution in [0.1, 0.15) is 49.2 Å². The van der Waals surface area contributed by atoms with Gasteiger partial charge in [-0.2, -0.15) is 0 Å². The highest BCUT2D eigenvalue weighted by molar-refractivity contribution is 7.11. The van der Waals surface area contributed by atoms with Gasteiger partial charge in [0, 0.05) is 29.1 Å². The van der Waals surface area contributed by atoms with Gasteiger partial charge in [-0.25, -0.2) is 13.8 Å². The molecule has 3 nitrogen and oxygen atoms in total. The molecule has 0 saturated heterocycles. The quantitative estimate of drug-likeness (QED) is 0.867. The fourth-order valence-corrected chi connectivity index (χ4v) is 3.02. The molecule has 0 aliphatic rings. The Morgan fingerprint density at radius 2 is 1.96 bits per heavy atom. The molecule has 0 spiro atoms. The molecule has 2 atom stereocenters. The fraction of sp³-hybridized carbons (Fsp3) is 0.471. The van der Waals surface area contributed by atoms with Crippen LogP contribution < -0.4 is 5.32 Å². The molecule has 1 aromatic carbocycles. The SMILES string of the molecule is CC(NCc1cnc(C(C)(C)C)s1)C(O)c1ccc(F)c(F)c1. The van der Waals surface area contributed by atoms with Crippen molar-refractivity contribution in [3.63, 3.8) is 0 Å². The van der Waals surface area contributed by atoms with E-state index in [0.717, 1.165) is 22.0 Å². The maximum atomic E-state index is 13.3. The third-order valence-electron chi connectivity index (χ3n) is 3.55. The van der Waals surface area contributed by atoms with Gasteiger partial charge in [-0.05, 0) is 24.6 Å². The van der Waals surface area contributed by atoms with Crippen molar-refractivity contribution in [1.82, 2.24) is 10.3 Å². The number of halogens is 2. The summed E-state index contributed by atoms with van der Waals surface area (Å²) >= 11 is 1.63. The van der Waals surface area contributed by atoms with Crippen LogP contribution in [-0.2, 0) is 12.0 Å². The van der Waals surface area contributed by atoms with Crippen LogP contribution in [0.4, 0.5) is 8.78 Å². The second kappa shape index (κ2) is 7.03. The van der Waals surface area contributed by atoms with Gasteiger partial charge in [-0.1, -0.05) is 26.8 Å². The first-order valence-corrected chi connectivity index (χ1v) is 8.31. The Kier molecular flexibility index (Phi) is 5.49. The van der Waals surface area contributed by atoms with Crippen LogP contribution in [0.15, 0.2) is 24.4 Å². The standard InChI is InChI=1S/C17H22F2N2OS/c1-10(15(22)11-5-6-13(18)14(19)7-11)20-8-12-9-21-16(23-12)17(2,3)4/h5-7,9-10,15,20,22H,8H2,1-4H3. The second-order valence-electron chi connectivity index (χ2n) is 6.67. The number of benzene rings is 1. The number of thiazole rings is 1. The van der Waals surface area contributed by atoms with Crippen LogP contribution in [0.2, 0.25) is 0 Å². The van der Waals surface area contributed by atoms with Crippen molar-refractivity contribution in [2.24, 2.45) is 0 Å². The first-order valence-electron chi connectivity index (χ1n) is 7.50. The number of nitrogens with one attached hydrogen (secondary N) is 1. The molecule has 0 fully saturated rings. The van der Waals surface area contributed by atoms with E-state index in [0.29, 0.717) is 12.1 Å². The minimum atomic E-state index is -0.953. The third kappa shape index (κ3) is 4.56. The Morgan fingerprint density at radius 1 is 1.26 bits per heavy atom. The molecule has 0 radical (unpaired) electrons. The highest BCUT2D eigenvalue weighted by atomic mass is 32.1. The maximum absolute atomic E-state index is 13.3. The van der Waals surface area contributed by atoms with Gasteiger partial charge < -0.3 is 10.4 Å². The molecule has 0 bridgehead atoms. The van der Waals surface area contributed by atoms with Gasteiger partial charge >= 0.3 is 0 Å². The predicted octanol–water partition coefficient (Wildman–Crippen LogP) is 3.93. The normalized spacial score (nSPS) is 14.7. The number of hydrogen-bond acceptors (Lipinski definition) is 4. The number of rotatable bonds is 5. The van der Waals surface area contributed by atoms with Crippen LogP contribution in [0.25, 0.3) is 0 Å². The number of nitrogens with zero attached hydrogens (tertiary/aromatic N) is 1. The van der Waals surface area contributed by atoms with Crippen molar-refractivity contribution in [2.45, 2.75) is 51.8 Å². The van der Waals surface area contributed by atoms with Crippen molar-refractivity contribution in [3.05, 3.63) is 51.5 Å². The molecule has 1 heterocycles. The van der Waals surface area contributed by atoms with E-state index in [-0.39, 0.29) is 11.5 Å². The first kappa shape index (κ1) is 18.0. The van der Waals surface area contributed by atoms with E-state index in [1.807, 2.05) is 6.20 Å². The summed E-state index contributed by atoms with van der Waals surface area (Å²) < 4.78 is 26.2. The molecular weight excluding hydrogens is 318 g/mol. The zero-order valence-electron chi connectivity index (χ0n) is 13.7. The smallest absolute Gasteiger partial charge is 0.159 e.